The SMILES string of the molecule is CCCCCCCCC=CCCCCCCCCOC(=O)CCCC(=O)O. The van der Waals surface area contributed by atoms with E-state index in [1.807, 2.05) is 0 Å². The van der Waals surface area contributed by atoms with Gasteiger partial charge < -0.3 is 9.84 Å². The number of carbonyl (C=O) groups excluding carboxylic acids is 1. The van der Waals surface area contributed by atoms with Crippen molar-refractivity contribution in [2.75, 3.05) is 6.61 Å². The van der Waals surface area contributed by atoms with E-state index in [-0.39, 0.29) is 18.8 Å². The van der Waals surface area contributed by atoms with Gasteiger partial charge in [0.05, 0.1) is 6.61 Å². The Morgan fingerprint density at radius 1 is 0.704 bits per heavy atom. The molecule has 0 amide bonds. The second-order valence-electron chi connectivity index (χ2n) is 7.41. The molecule has 0 aromatic heterocycles. The first kappa shape index (κ1) is 25.7. The van der Waals surface area contributed by atoms with Crippen LogP contribution in [0.5, 0.6) is 0 Å². The maximum absolute atomic E-state index is 11.4. The first-order chi connectivity index (χ1) is 13.2. The Labute approximate surface area is 166 Å². The van der Waals surface area contributed by atoms with Crippen LogP contribution in [0.3, 0.4) is 0 Å². The lowest BCUT2D eigenvalue weighted by Crippen LogP contribution is -2.06. The van der Waals surface area contributed by atoms with Crippen molar-refractivity contribution in [3.8, 4) is 0 Å². The lowest BCUT2D eigenvalue weighted by molar-refractivity contribution is -0.144. The molecule has 0 saturated heterocycles. The first-order valence-corrected chi connectivity index (χ1v) is 11.2. The molecular weight excluding hydrogens is 340 g/mol. The molecule has 0 aromatic carbocycles. The highest BCUT2D eigenvalue weighted by Crippen LogP contribution is 2.10. The molecule has 0 heterocycles. The third-order valence-electron chi connectivity index (χ3n) is 4.69. The Bertz CT molecular complexity index is 377. The molecule has 0 saturated carbocycles. The first-order valence-electron chi connectivity index (χ1n) is 11.2. The van der Waals surface area contributed by atoms with Crippen LogP contribution in [0.2, 0.25) is 0 Å². The fourth-order valence-corrected chi connectivity index (χ4v) is 2.99. The molecule has 0 rings (SSSR count). The van der Waals surface area contributed by atoms with Crippen LogP contribution in [0.25, 0.3) is 0 Å². The molecule has 0 fully saturated rings. The molecule has 0 aliphatic carbocycles. The van der Waals surface area contributed by atoms with Crippen LogP contribution in [0, 0.1) is 0 Å². The lowest BCUT2D eigenvalue weighted by atomic mass is 10.1. The smallest absolute Gasteiger partial charge is 0.305 e. The molecular formula is C23H42O4. The van der Waals surface area contributed by atoms with Crippen LogP contribution in [-0.4, -0.2) is 23.7 Å². The number of esters is 1. The van der Waals surface area contributed by atoms with Crippen molar-refractivity contribution in [3.63, 3.8) is 0 Å². The maximum Gasteiger partial charge on any atom is 0.305 e. The molecule has 27 heavy (non-hydrogen) atoms. The molecule has 0 bridgehead atoms. The minimum Gasteiger partial charge on any atom is -0.481 e. The Morgan fingerprint density at radius 2 is 1.22 bits per heavy atom. The molecule has 1 N–H and O–H groups in total. The van der Waals surface area contributed by atoms with Crippen LogP contribution in [0.4, 0.5) is 0 Å². The predicted octanol–water partition coefficient (Wildman–Crippen LogP) is 6.82. The summed E-state index contributed by atoms with van der Waals surface area (Å²) in [7, 11) is 0. The summed E-state index contributed by atoms with van der Waals surface area (Å²) < 4.78 is 5.10. The van der Waals surface area contributed by atoms with Gasteiger partial charge in [-0.3, -0.25) is 9.59 Å². The fraction of sp³-hybridized carbons (Fsp3) is 0.826. The summed E-state index contributed by atoms with van der Waals surface area (Å²) in [6.07, 6.45) is 22.9. The topological polar surface area (TPSA) is 63.6 Å². The zero-order valence-corrected chi connectivity index (χ0v) is 17.6. The van der Waals surface area contributed by atoms with E-state index in [0.717, 1.165) is 12.8 Å². The minimum absolute atomic E-state index is 0.0311. The maximum atomic E-state index is 11.4. The number of hydrogen-bond acceptors (Lipinski definition) is 3. The van der Waals surface area contributed by atoms with Crippen LogP contribution >= 0.6 is 0 Å². The standard InChI is InChI=1S/C23H42O4/c1-2-3-4-5-6-7-8-9-10-11-12-13-14-15-16-17-21-27-23(26)20-18-19-22(24)25/h9-10H,2-8,11-21H2,1H3,(H,24,25). The number of carboxylic acid groups (broad SMARTS) is 1. The van der Waals surface area contributed by atoms with Gasteiger partial charge in [0.1, 0.15) is 0 Å². The van der Waals surface area contributed by atoms with Crippen molar-refractivity contribution < 1.29 is 19.4 Å². The molecule has 0 aromatic rings. The highest BCUT2D eigenvalue weighted by atomic mass is 16.5. The molecule has 0 atom stereocenters. The minimum atomic E-state index is -0.865. The molecule has 0 unspecified atom stereocenters. The Balaban J connectivity index is 3.19. The average Bonchev–Trinajstić information content (AvgIpc) is 2.64. The molecule has 158 valence electrons. The van der Waals surface area contributed by atoms with E-state index in [2.05, 4.69) is 19.1 Å². The number of carbonyl (C=O) groups is 2. The van der Waals surface area contributed by atoms with E-state index in [1.54, 1.807) is 0 Å². The highest BCUT2D eigenvalue weighted by Gasteiger charge is 2.04. The Morgan fingerprint density at radius 3 is 1.78 bits per heavy atom. The van der Waals surface area contributed by atoms with Crippen molar-refractivity contribution in [1.82, 2.24) is 0 Å². The number of aliphatic carboxylic acids is 1. The Hall–Kier alpha value is -1.32. The normalized spacial score (nSPS) is 11.1. The van der Waals surface area contributed by atoms with Crippen molar-refractivity contribution >= 4 is 11.9 Å². The van der Waals surface area contributed by atoms with Gasteiger partial charge in [0.25, 0.3) is 0 Å². The molecule has 0 spiro atoms. The summed E-state index contributed by atoms with van der Waals surface area (Å²) in [6, 6.07) is 0. The van der Waals surface area contributed by atoms with E-state index in [0.29, 0.717) is 13.0 Å². The van der Waals surface area contributed by atoms with Crippen molar-refractivity contribution in [2.24, 2.45) is 0 Å². The van der Waals surface area contributed by atoms with Gasteiger partial charge in [0, 0.05) is 12.8 Å². The zero-order valence-electron chi connectivity index (χ0n) is 17.6. The second-order valence-corrected chi connectivity index (χ2v) is 7.41. The monoisotopic (exact) mass is 382 g/mol. The number of unbranched alkanes of at least 4 members (excludes halogenated alkanes) is 12. The summed E-state index contributed by atoms with van der Waals surface area (Å²) in [4.78, 5) is 21.7. The summed E-state index contributed by atoms with van der Waals surface area (Å²) in [5.41, 5.74) is 0. The van der Waals surface area contributed by atoms with Crippen molar-refractivity contribution in [3.05, 3.63) is 12.2 Å². The summed E-state index contributed by atoms with van der Waals surface area (Å²) in [6.45, 7) is 2.72. The van der Waals surface area contributed by atoms with E-state index in [1.165, 1.54) is 77.0 Å². The van der Waals surface area contributed by atoms with Crippen LogP contribution < -0.4 is 0 Å². The van der Waals surface area contributed by atoms with Crippen molar-refractivity contribution in [2.45, 2.75) is 116 Å². The van der Waals surface area contributed by atoms with Gasteiger partial charge in [-0.2, -0.15) is 0 Å². The quantitative estimate of drug-likeness (QED) is 0.142. The van der Waals surface area contributed by atoms with Gasteiger partial charge in [-0.15, -0.1) is 0 Å². The van der Waals surface area contributed by atoms with Gasteiger partial charge >= 0.3 is 11.9 Å². The average molecular weight is 383 g/mol. The third kappa shape index (κ3) is 22.6. The van der Waals surface area contributed by atoms with Gasteiger partial charge in [0.15, 0.2) is 0 Å². The third-order valence-corrected chi connectivity index (χ3v) is 4.69. The van der Waals surface area contributed by atoms with E-state index in [9.17, 15) is 9.59 Å². The molecule has 4 nitrogen and oxygen atoms in total. The van der Waals surface area contributed by atoms with Gasteiger partial charge in [-0.1, -0.05) is 76.9 Å². The van der Waals surface area contributed by atoms with Crippen LogP contribution in [0.1, 0.15) is 116 Å². The summed E-state index contributed by atoms with van der Waals surface area (Å²) in [5, 5.41) is 8.50. The summed E-state index contributed by atoms with van der Waals surface area (Å²) >= 11 is 0. The number of allylic oxidation sites excluding steroid dienone is 2. The molecule has 0 aliphatic rings. The predicted molar refractivity (Wildman–Crippen MR) is 112 cm³/mol. The molecule has 0 radical (unpaired) electrons. The lowest BCUT2D eigenvalue weighted by Gasteiger charge is -2.04. The highest BCUT2D eigenvalue weighted by molar-refractivity contribution is 5.71. The largest absolute Gasteiger partial charge is 0.481 e. The van der Waals surface area contributed by atoms with Gasteiger partial charge in [0.2, 0.25) is 0 Å². The van der Waals surface area contributed by atoms with E-state index in [4.69, 9.17) is 9.84 Å². The fourth-order valence-electron chi connectivity index (χ4n) is 2.99. The van der Waals surface area contributed by atoms with Crippen LogP contribution in [-0.2, 0) is 14.3 Å². The number of rotatable bonds is 20. The van der Waals surface area contributed by atoms with Crippen molar-refractivity contribution in [1.29, 1.82) is 0 Å². The van der Waals surface area contributed by atoms with Crippen LogP contribution in [0.15, 0.2) is 12.2 Å². The molecule has 4 heteroatoms. The number of carboxylic acids is 1. The molecule has 0 aliphatic heterocycles. The Kier molecular flexibility index (Phi) is 20.0. The number of ether oxygens (including phenoxy) is 1. The zero-order chi connectivity index (χ0) is 20.0. The van der Waals surface area contributed by atoms with E-state index < -0.39 is 5.97 Å². The number of hydrogen-bond donors (Lipinski definition) is 1. The second kappa shape index (κ2) is 21.0. The van der Waals surface area contributed by atoms with Gasteiger partial charge in [-0.05, 0) is 38.5 Å². The van der Waals surface area contributed by atoms with E-state index >= 15 is 0 Å². The summed E-state index contributed by atoms with van der Waals surface area (Å²) in [5.74, 6) is -1.14. The van der Waals surface area contributed by atoms with Gasteiger partial charge in [-0.25, -0.2) is 0 Å².